The lowest BCUT2D eigenvalue weighted by Crippen LogP contribution is -2.17. The molecule has 2 aromatic heterocycles. The maximum Gasteiger partial charge on any atom is 0.231 e. The minimum absolute atomic E-state index is 0.217. The average molecular weight is 290 g/mol. The third-order valence-corrected chi connectivity index (χ3v) is 2.97. The molecule has 2 aromatic rings. The zero-order valence-electron chi connectivity index (χ0n) is 13.0. The van der Waals surface area contributed by atoms with E-state index < -0.39 is 0 Å². The van der Waals surface area contributed by atoms with Gasteiger partial charge in [0, 0.05) is 32.9 Å². The van der Waals surface area contributed by atoms with Gasteiger partial charge in [-0.05, 0) is 26.3 Å². The Morgan fingerprint density at radius 2 is 2.00 bits per heavy atom. The Morgan fingerprint density at radius 1 is 1.24 bits per heavy atom. The predicted octanol–water partition coefficient (Wildman–Crippen LogP) is 0.835. The molecule has 114 valence electrons. The zero-order valence-corrected chi connectivity index (χ0v) is 13.0. The van der Waals surface area contributed by atoms with Gasteiger partial charge in [0.25, 0.3) is 0 Å². The van der Waals surface area contributed by atoms with E-state index in [1.807, 2.05) is 25.7 Å². The van der Waals surface area contributed by atoms with Crippen molar-refractivity contribution in [1.29, 1.82) is 0 Å². The first kappa shape index (κ1) is 15.0. The van der Waals surface area contributed by atoms with Crippen LogP contribution in [0.2, 0.25) is 0 Å². The van der Waals surface area contributed by atoms with E-state index >= 15 is 0 Å². The summed E-state index contributed by atoms with van der Waals surface area (Å²) in [5.41, 5.74) is 7.89. The average Bonchev–Trinajstić information content (AvgIpc) is 2.72. The molecular formula is C13H22N8. The fourth-order valence-electron chi connectivity index (χ4n) is 1.99. The molecule has 0 amide bonds. The monoisotopic (exact) mass is 290 g/mol. The van der Waals surface area contributed by atoms with Crippen molar-refractivity contribution >= 4 is 17.8 Å². The lowest BCUT2D eigenvalue weighted by Gasteiger charge is -2.12. The quantitative estimate of drug-likeness (QED) is 0.760. The largest absolute Gasteiger partial charge is 0.368 e. The molecule has 0 fully saturated rings. The van der Waals surface area contributed by atoms with Crippen molar-refractivity contribution in [2.24, 2.45) is 0 Å². The number of rotatable bonds is 6. The van der Waals surface area contributed by atoms with Crippen LogP contribution in [-0.4, -0.2) is 45.4 Å². The van der Waals surface area contributed by atoms with E-state index in [-0.39, 0.29) is 5.95 Å². The van der Waals surface area contributed by atoms with Crippen LogP contribution in [0.4, 0.5) is 17.8 Å². The SMILES string of the molecule is Cc1cc(C)n(CCCNc2nc(N)nc(N(C)C)n2)n1. The summed E-state index contributed by atoms with van der Waals surface area (Å²) in [7, 11) is 3.72. The number of anilines is 3. The maximum absolute atomic E-state index is 5.67. The van der Waals surface area contributed by atoms with Crippen LogP contribution in [0.3, 0.4) is 0 Å². The van der Waals surface area contributed by atoms with E-state index in [0.717, 1.165) is 25.2 Å². The van der Waals surface area contributed by atoms with Crippen molar-refractivity contribution in [2.45, 2.75) is 26.8 Å². The van der Waals surface area contributed by atoms with Crippen molar-refractivity contribution in [3.8, 4) is 0 Å². The third kappa shape index (κ3) is 4.04. The highest BCUT2D eigenvalue weighted by molar-refractivity contribution is 5.40. The Morgan fingerprint density at radius 3 is 2.62 bits per heavy atom. The smallest absolute Gasteiger partial charge is 0.231 e. The second-order valence-corrected chi connectivity index (χ2v) is 5.14. The zero-order chi connectivity index (χ0) is 15.4. The standard InChI is InChI=1S/C13H22N8/c1-9-8-10(2)21(19-9)7-5-6-15-12-16-11(14)17-13(18-12)20(3)4/h8H,5-7H2,1-4H3,(H3,14,15,16,17,18). The van der Waals surface area contributed by atoms with Gasteiger partial charge in [-0.15, -0.1) is 0 Å². The number of aryl methyl sites for hydroxylation is 3. The van der Waals surface area contributed by atoms with Gasteiger partial charge < -0.3 is 16.0 Å². The van der Waals surface area contributed by atoms with Gasteiger partial charge in [-0.25, -0.2) is 0 Å². The molecule has 21 heavy (non-hydrogen) atoms. The van der Waals surface area contributed by atoms with Gasteiger partial charge >= 0.3 is 0 Å². The van der Waals surface area contributed by atoms with Crippen molar-refractivity contribution < 1.29 is 0 Å². The van der Waals surface area contributed by atoms with Crippen LogP contribution in [-0.2, 0) is 6.54 Å². The van der Waals surface area contributed by atoms with Crippen LogP contribution in [0.1, 0.15) is 17.8 Å². The van der Waals surface area contributed by atoms with Gasteiger partial charge in [-0.1, -0.05) is 0 Å². The molecule has 0 aliphatic carbocycles. The lowest BCUT2D eigenvalue weighted by atomic mass is 10.4. The first-order valence-electron chi connectivity index (χ1n) is 6.89. The third-order valence-electron chi connectivity index (χ3n) is 2.97. The topological polar surface area (TPSA) is 97.8 Å². The molecule has 0 saturated carbocycles. The second kappa shape index (κ2) is 6.38. The maximum atomic E-state index is 5.67. The van der Waals surface area contributed by atoms with Gasteiger partial charge in [0.05, 0.1) is 5.69 Å². The summed E-state index contributed by atoms with van der Waals surface area (Å²) in [4.78, 5) is 14.2. The van der Waals surface area contributed by atoms with E-state index in [9.17, 15) is 0 Å². The van der Waals surface area contributed by atoms with Crippen molar-refractivity contribution in [3.05, 3.63) is 17.5 Å². The minimum atomic E-state index is 0.217. The van der Waals surface area contributed by atoms with Gasteiger partial charge in [0.15, 0.2) is 0 Å². The molecule has 0 spiro atoms. The van der Waals surface area contributed by atoms with Gasteiger partial charge in [-0.3, -0.25) is 4.68 Å². The van der Waals surface area contributed by atoms with Crippen LogP contribution in [0, 0.1) is 13.8 Å². The van der Waals surface area contributed by atoms with Crippen LogP contribution in [0.5, 0.6) is 0 Å². The lowest BCUT2D eigenvalue weighted by molar-refractivity contribution is 0.573. The highest BCUT2D eigenvalue weighted by Gasteiger charge is 2.06. The molecule has 0 atom stereocenters. The summed E-state index contributed by atoms with van der Waals surface area (Å²) in [6.45, 7) is 5.66. The molecular weight excluding hydrogens is 268 g/mol. The molecule has 0 radical (unpaired) electrons. The second-order valence-electron chi connectivity index (χ2n) is 5.14. The summed E-state index contributed by atoms with van der Waals surface area (Å²) >= 11 is 0. The number of nitrogens with two attached hydrogens (primary N) is 1. The fourth-order valence-corrected chi connectivity index (χ4v) is 1.99. The molecule has 0 aliphatic heterocycles. The summed E-state index contributed by atoms with van der Waals surface area (Å²) < 4.78 is 2.00. The normalized spacial score (nSPS) is 10.7. The molecule has 8 heteroatoms. The van der Waals surface area contributed by atoms with E-state index in [2.05, 4.69) is 38.4 Å². The number of hydrogen-bond acceptors (Lipinski definition) is 7. The number of hydrogen-bond donors (Lipinski definition) is 2. The molecule has 0 unspecified atom stereocenters. The number of nitrogen functional groups attached to an aromatic ring is 1. The number of nitrogens with one attached hydrogen (secondary N) is 1. The molecule has 8 nitrogen and oxygen atoms in total. The van der Waals surface area contributed by atoms with E-state index in [4.69, 9.17) is 5.73 Å². The Balaban J connectivity index is 1.87. The summed E-state index contributed by atoms with van der Waals surface area (Å²) in [5, 5.41) is 7.59. The van der Waals surface area contributed by atoms with E-state index in [0.29, 0.717) is 11.9 Å². The minimum Gasteiger partial charge on any atom is -0.368 e. The summed E-state index contributed by atoms with van der Waals surface area (Å²) in [6.07, 6.45) is 0.921. The first-order chi connectivity index (χ1) is 9.95. The number of nitrogens with zero attached hydrogens (tertiary/aromatic N) is 6. The molecule has 2 rings (SSSR count). The molecule has 0 aliphatic rings. The molecule has 0 bridgehead atoms. The van der Waals surface area contributed by atoms with Crippen molar-refractivity contribution in [1.82, 2.24) is 24.7 Å². The molecule has 3 N–H and O–H groups in total. The Kier molecular flexibility index (Phi) is 4.56. The van der Waals surface area contributed by atoms with Crippen molar-refractivity contribution in [3.63, 3.8) is 0 Å². The van der Waals surface area contributed by atoms with Crippen LogP contribution in [0.25, 0.3) is 0 Å². The fraction of sp³-hybridized carbons (Fsp3) is 0.538. The highest BCUT2D eigenvalue weighted by Crippen LogP contribution is 2.09. The Labute approximate surface area is 124 Å². The molecule has 2 heterocycles. The summed E-state index contributed by atoms with van der Waals surface area (Å²) in [6, 6.07) is 2.07. The molecule has 0 saturated heterocycles. The van der Waals surface area contributed by atoms with E-state index in [1.165, 1.54) is 5.69 Å². The Bertz CT molecular complexity index is 604. The predicted molar refractivity (Wildman–Crippen MR) is 83.4 cm³/mol. The van der Waals surface area contributed by atoms with Gasteiger partial charge in [0.2, 0.25) is 17.8 Å². The van der Waals surface area contributed by atoms with Crippen LogP contribution in [0.15, 0.2) is 6.07 Å². The van der Waals surface area contributed by atoms with Gasteiger partial charge in [0.1, 0.15) is 0 Å². The summed E-state index contributed by atoms with van der Waals surface area (Å²) in [5.74, 6) is 1.26. The molecule has 0 aromatic carbocycles. The van der Waals surface area contributed by atoms with Crippen molar-refractivity contribution in [2.75, 3.05) is 36.6 Å². The Hall–Kier alpha value is -2.38. The number of aromatic nitrogens is 5. The first-order valence-corrected chi connectivity index (χ1v) is 6.89. The highest BCUT2D eigenvalue weighted by atomic mass is 15.3. The van der Waals surface area contributed by atoms with Crippen LogP contribution >= 0.6 is 0 Å². The van der Waals surface area contributed by atoms with Gasteiger partial charge in [-0.2, -0.15) is 20.1 Å². The van der Waals surface area contributed by atoms with E-state index in [1.54, 1.807) is 4.90 Å². The van der Waals surface area contributed by atoms with Crippen LogP contribution < -0.4 is 16.0 Å².